The van der Waals surface area contributed by atoms with Crippen molar-refractivity contribution in [2.45, 2.75) is 76.4 Å². The molecule has 2 saturated heterocycles. The van der Waals surface area contributed by atoms with Gasteiger partial charge in [-0.05, 0) is 152 Å². The summed E-state index contributed by atoms with van der Waals surface area (Å²) >= 11 is 2.34. The van der Waals surface area contributed by atoms with Crippen molar-refractivity contribution in [1.82, 2.24) is 9.80 Å². The van der Waals surface area contributed by atoms with Crippen LogP contribution in [0.5, 0.6) is 17.2 Å². The second kappa shape index (κ2) is 15.6. The average Bonchev–Trinajstić information content (AvgIpc) is 3.65. The second-order valence-electron chi connectivity index (χ2n) is 13.6. The van der Waals surface area contributed by atoms with Gasteiger partial charge >= 0.3 is 0 Å². The van der Waals surface area contributed by atoms with Gasteiger partial charge in [-0.2, -0.15) is 0 Å². The summed E-state index contributed by atoms with van der Waals surface area (Å²) in [7, 11) is 0. The number of ether oxygens (including phenoxy) is 3. The summed E-state index contributed by atoms with van der Waals surface area (Å²) in [4.78, 5) is 5.15. The maximum absolute atomic E-state index is 6.86. The second-order valence-corrected chi connectivity index (χ2v) is 14.8. The monoisotopic (exact) mass is 732 g/mol. The van der Waals surface area contributed by atoms with E-state index in [-0.39, 0.29) is 6.10 Å². The molecule has 0 radical (unpaired) electrons. The normalized spacial score (nSPS) is 22.6. The van der Waals surface area contributed by atoms with Crippen molar-refractivity contribution in [3.05, 3.63) is 93.1 Å². The minimum Gasteiger partial charge on any atom is -0.492 e. The highest BCUT2D eigenvalue weighted by Gasteiger charge is 2.31. The molecule has 1 aliphatic carbocycles. The molecule has 0 N–H and O–H groups in total. The highest BCUT2D eigenvalue weighted by molar-refractivity contribution is 14.1. The van der Waals surface area contributed by atoms with E-state index in [1.165, 1.54) is 103 Å². The fourth-order valence-corrected chi connectivity index (χ4v) is 8.30. The van der Waals surface area contributed by atoms with E-state index in [9.17, 15) is 0 Å². The zero-order valence-corrected chi connectivity index (χ0v) is 29.3. The molecule has 6 heteroatoms. The molecule has 1 saturated carbocycles. The summed E-state index contributed by atoms with van der Waals surface area (Å²) in [6, 6.07) is 24.5. The number of halogens is 1. The molecule has 0 amide bonds. The largest absolute Gasteiger partial charge is 0.492 e. The van der Waals surface area contributed by atoms with Crippen LogP contribution >= 0.6 is 22.6 Å². The fraction of sp³-hybridized carbons (Fsp3) is 0.500. The molecule has 46 heavy (non-hydrogen) atoms. The van der Waals surface area contributed by atoms with Gasteiger partial charge in [-0.15, -0.1) is 0 Å². The van der Waals surface area contributed by atoms with Crippen LogP contribution < -0.4 is 14.2 Å². The predicted molar refractivity (Wildman–Crippen MR) is 195 cm³/mol. The molecule has 3 aromatic rings. The Balaban J connectivity index is 1.05. The van der Waals surface area contributed by atoms with E-state index < -0.39 is 0 Å². The Morgan fingerprint density at radius 3 is 2.09 bits per heavy atom. The Labute approximate surface area is 289 Å². The summed E-state index contributed by atoms with van der Waals surface area (Å²) < 4.78 is 20.4. The molecule has 2 atom stereocenters. The van der Waals surface area contributed by atoms with E-state index in [0.717, 1.165) is 43.5 Å². The van der Waals surface area contributed by atoms with Crippen molar-refractivity contribution in [1.29, 1.82) is 0 Å². The van der Waals surface area contributed by atoms with Gasteiger partial charge in [-0.25, -0.2) is 0 Å². The van der Waals surface area contributed by atoms with Crippen LogP contribution in [-0.2, 0) is 0 Å². The van der Waals surface area contributed by atoms with Crippen molar-refractivity contribution < 1.29 is 14.2 Å². The minimum absolute atomic E-state index is 0.0782. The van der Waals surface area contributed by atoms with Gasteiger partial charge in [0, 0.05) is 28.3 Å². The van der Waals surface area contributed by atoms with Gasteiger partial charge < -0.3 is 14.2 Å². The van der Waals surface area contributed by atoms with Gasteiger partial charge in [-0.3, -0.25) is 9.80 Å². The minimum atomic E-state index is -0.0782. The first kappa shape index (κ1) is 32.0. The number of hydrogen-bond acceptors (Lipinski definition) is 5. The fourth-order valence-electron chi connectivity index (χ4n) is 7.94. The molecule has 4 aliphatic rings. The summed E-state index contributed by atoms with van der Waals surface area (Å²) in [6.07, 6.45) is 15.2. The predicted octanol–water partition coefficient (Wildman–Crippen LogP) is 9.47. The molecule has 0 bridgehead atoms. The number of fused-ring (bicyclic) bond motifs is 1. The lowest BCUT2D eigenvalue weighted by molar-refractivity contribution is 0.123. The molecule has 5 nitrogen and oxygen atoms in total. The summed E-state index contributed by atoms with van der Waals surface area (Å²) in [5.74, 6) is 3.57. The maximum atomic E-state index is 6.86. The van der Waals surface area contributed by atoms with Gasteiger partial charge in [0.1, 0.15) is 36.6 Å². The molecule has 0 aromatic heterocycles. The summed E-state index contributed by atoms with van der Waals surface area (Å²) in [5, 5.41) is 0. The molecular weight excluding hydrogens is 683 g/mol. The van der Waals surface area contributed by atoms with Gasteiger partial charge in [0.25, 0.3) is 0 Å². The van der Waals surface area contributed by atoms with Crippen LogP contribution in [0.25, 0.3) is 5.57 Å². The Bertz CT molecular complexity index is 1440. The molecule has 3 heterocycles. The molecule has 7 rings (SSSR count). The Kier molecular flexibility index (Phi) is 10.8. The Hall–Kier alpha value is -2.55. The third kappa shape index (κ3) is 7.94. The van der Waals surface area contributed by atoms with Crippen molar-refractivity contribution in [3.8, 4) is 17.2 Å². The smallest absolute Gasteiger partial charge is 0.143 e. The number of rotatable bonds is 11. The molecular formula is C40H49IN2O3. The van der Waals surface area contributed by atoms with Crippen LogP contribution in [0, 0.1) is 9.49 Å². The highest BCUT2D eigenvalue weighted by Crippen LogP contribution is 2.47. The molecule has 3 aliphatic heterocycles. The zero-order chi connectivity index (χ0) is 31.1. The van der Waals surface area contributed by atoms with Crippen LogP contribution in [0.2, 0.25) is 0 Å². The van der Waals surface area contributed by atoms with Crippen LogP contribution in [0.4, 0.5) is 0 Å². The molecule has 244 valence electrons. The molecule has 2 unspecified atom stereocenters. The quantitative estimate of drug-likeness (QED) is 0.184. The van der Waals surface area contributed by atoms with Crippen LogP contribution in [0.3, 0.4) is 0 Å². The first-order valence-electron chi connectivity index (χ1n) is 17.8. The van der Waals surface area contributed by atoms with E-state index in [4.69, 9.17) is 14.2 Å². The van der Waals surface area contributed by atoms with Crippen LogP contribution in [-0.4, -0.2) is 55.7 Å². The zero-order valence-electron chi connectivity index (χ0n) is 27.2. The van der Waals surface area contributed by atoms with Crippen LogP contribution in [0.15, 0.2) is 72.8 Å². The SMILES string of the molecule is Ic1ccc(OCCN2CCCCC2c2ccc3c(c2)OC(c2ccc(OCCN4CCCCC4)cc2)C=C3C2CCCC2)cc1. The van der Waals surface area contributed by atoms with Gasteiger partial charge in [-0.1, -0.05) is 49.9 Å². The summed E-state index contributed by atoms with van der Waals surface area (Å²) in [6.45, 7) is 6.92. The van der Waals surface area contributed by atoms with Gasteiger partial charge in [0.2, 0.25) is 0 Å². The Morgan fingerprint density at radius 2 is 1.33 bits per heavy atom. The highest BCUT2D eigenvalue weighted by atomic mass is 127. The van der Waals surface area contributed by atoms with E-state index in [1.54, 1.807) is 0 Å². The van der Waals surface area contributed by atoms with Gasteiger partial charge in [0.15, 0.2) is 0 Å². The van der Waals surface area contributed by atoms with Crippen molar-refractivity contribution in [3.63, 3.8) is 0 Å². The number of nitrogens with zero attached hydrogens (tertiary/aromatic N) is 2. The van der Waals surface area contributed by atoms with E-state index in [0.29, 0.717) is 18.6 Å². The lowest BCUT2D eigenvalue weighted by Crippen LogP contribution is -2.36. The lowest BCUT2D eigenvalue weighted by atomic mass is 9.85. The third-order valence-corrected chi connectivity index (χ3v) is 11.2. The Morgan fingerprint density at radius 1 is 0.674 bits per heavy atom. The topological polar surface area (TPSA) is 34.2 Å². The lowest BCUT2D eigenvalue weighted by Gasteiger charge is -2.37. The molecule has 0 spiro atoms. The first-order chi connectivity index (χ1) is 22.7. The molecule has 3 fully saturated rings. The number of piperidine rings is 2. The average molecular weight is 733 g/mol. The molecule has 3 aromatic carbocycles. The van der Waals surface area contributed by atoms with E-state index >= 15 is 0 Å². The van der Waals surface area contributed by atoms with Gasteiger partial charge in [0.05, 0.1) is 0 Å². The number of hydrogen-bond donors (Lipinski definition) is 0. The van der Waals surface area contributed by atoms with Crippen molar-refractivity contribution >= 4 is 28.2 Å². The third-order valence-electron chi connectivity index (χ3n) is 10.5. The first-order valence-corrected chi connectivity index (χ1v) is 18.9. The summed E-state index contributed by atoms with van der Waals surface area (Å²) in [5.41, 5.74) is 5.36. The number of allylic oxidation sites excluding steroid dienone is 1. The standard InChI is InChI=1S/C40H49IN2O3/c41-33-14-18-35(19-15-33)45-27-25-43-23-7-4-10-38(43)32-13-20-36-37(30-8-2-3-9-30)29-39(46-40(36)28-32)31-11-16-34(17-12-31)44-26-24-42-21-5-1-6-22-42/h11-20,28-30,38-39H,1-10,21-27H2. The van der Waals surface area contributed by atoms with Crippen molar-refractivity contribution in [2.24, 2.45) is 5.92 Å². The van der Waals surface area contributed by atoms with E-state index in [2.05, 4.69) is 105 Å². The van der Waals surface area contributed by atoms with E-state index in [1.807, 2.05) is 0 Å². The van der Waals surface area contributed by atoms with Crippen LogP contribution in [0.1, 0.15) is 93.0 Å². The van der Waals surface area contributed by atoms with Crippen molar-refractivity contribution in [2.75, 3.05) is 45.9 Å². The maximum Gasteiger partial charge on any atom is 0.143 e. The number of likely N-dealkylation sites (tertiary alicyclic amines) is 2. The number of benzene rings is 3.